The highest BCUT2D eigenvalue weighted by Gasteiger charge is 2.12. The molecule has 1 atom stereocenters. The van der Waals surface area contributed by atoms with Gasteiger partial charge in [-0.05, 0) is 20.5 Å². The Morgan fingerprint density at radius 1 is 1.33 bits per heavy atom. The van der Waals surface area contributed by atoms with Crippen LogP contribution in [0.3, 0.4) is 0 Å². The topological polar surface area (TPSA) is 55.3 Å². The van der Waals surface area contributed by atoms with Crippen LogP contribution in [0.5, 0.6) is 0 Å². The number of rotatable bonds is 3. The van der Waals surface area contributed by atoms with E-state index in [1.54, 1.807) is 0 Å². The van der Waals surface area contributed by atoms with Crippen molar-refractivity contribution in [3.05, 3.63) is 0 Å². The summed E-state index contributed by atoms with van der Waals surface area (Å²) in [6.45, 7) is 2.08. The van der Waals surface area contributed by atoms with Crippen molar-refractivity contribution in [1.29, 1.82) is 0 Å². The molecule has 0 rings (SSSR count). The molecule has 0 spiro atoms. The molecular weight excluding hydrogens is 114 g/mol. The minimum atomic E-state index is -0.218. The summed E-state index contributed by atoms with van der Waals surface area (Å²) in [4.78, 5) is 2.05. The van der Waals surface area contributed by atoms with E-state index >= 15 is 0 Å². The van der Waals surface area contributed by atoms with E-state index in [4.69, 9.17) is 11.5 Å². The van der Waals surface area contributed by atoms with Crippen LogP contribution in [0.4, 0.5) is 0 Å². The molecule has 3 heteroatoms. The quantitative estimate of drug-likeness (QED) is 0.511. The first-order valence-electron chi connectivity index (χ1n) is 3.27. The summed E-state index contributed by atoms with van der Waals surface area (Å²) in [7, 11) is 3.97. The standard InChI is InChI=1S/C6H17N3/c1-4-5(6(7)8)9(2)3/h5-6H,4,7-8H2,1-3H3. The van der Waals surface area contributed by atoms with Gasteiger partial charge in [-0.15, -0.1) is 0 Å². The Balaban J connectivity index is 3.68. The van der Waals surface area contributed by atoms with Gasteiger partial charge in [0.1, 0.15) is 0 Å². The molecule has 56 valence electrons. The zero-order chi connectivity index (χ0) is 7.44. The third-order valence-corrected chi connectivity index (χ3v) is 1.53. The molecule has 0 aliphatic carbocycles. The van der Waals surface area contributed by atoms with Crippen molar-refractivity contribution in [2.75, 3.05) is 14.1 Å². The largest absolute Gasteiger partial charge is 0.315 e. The highest BCUT2D eigenvalue weighted by atomic mass is 15.1. The maximum atomic E-state index is 5.48. The average molecular weight is 131 g/mol. The third-order valence-electron chi connectivity index (χ3n) is 1.53. The molecule has 0 bridgehead atoms. The van der Waals surface area contributed by atoms with E-state index in [-0.39, 0.29) is 6.17 Å². The normalized spacial score (nSPS) is 15.0. The summed E-state index contributed by atoms with van der Waals surface area (Å²) < 4.78 is 0. The van der Waals surface area contributed by atoms with Gasteiger partial charge in [-0.2, -0.15) is 0 Å². The van der Waals surface area contributed by atoms with Gasteiger partial charge in [0.25, 0.3) is 0 Å². The molecule has 0 aliphatic heterocycles. The van der Waals surface area contributed by atoms with Crippen LogP contribution < -0.4 is 11.5 Å². The molecule has 0 amide bonds. The van der Waals surface area contributed by atoms with Crippen molar-refractivity contribution in [3.63, 3.8) is 0 Å². The first kappa shape index (κ1) is 8.88. The summed E-state index contributed by atoms with van der Waals surface area (Å²) >= 11 is 0. The summed E-state index contributed by atoms with van der Waals surface area (Å²) in [5, 5.41) is 0. The lowest BCUT2D eigenvalue weighted by molar-refractivity contribution is 0.249. The van der Waals surface area contributed by atoms with Gasteiger partial charge in [0, 0.05) is 6.04 Å². The van der Waals surface area contributed by atoms with Crippen LogP contribution in [0.15, 0.2) is 0 Å². The predicted molar refractivity (Wildman–Crippen MR) is 39.9 cm³/mol. The Kier molecular flexibility index (Phi) is 3.77. The van der Waals surface area contributed by atoms with E-state index in [1.165, 1.54) is 0 Å². The van der Waals surface area contributed by atoms with E-state index in [1.807, 2.05) is 19.0 Å². The van der Waals surface area contributed by atoms with Crippen LogP contribution in [0.1, 0.15) is 13.3 Å². The first-order valence-corrected chi connectivity index (χ1v) is 3.27. The Bertz CT molecular complexity index is 62.7. The van der Waals surface area contributed by atoms with Gasteiger partial charge >= 0.3 is 0 Å². The third kappa shape index (κ3) is 2.79. The van der Waals surface area contributed by atoms with Crippen LogP contribution >= 0.6 is 0 Å². The maximum Gasteiger partial charge on any atom is 0.0681 e. The Morgan fingerprint density at radius 3 is 1.78 bits per heavy atom. The van der Waals surface area contributed by atoms with E-state index in [2.05, 4.69) is 6.92 Å². The van der Waals surface area contributed by atoms with Gasteiger partial charge in [0.2, 0.25) is 0 Å². The molecule has 0 aliphatic rings. The molecule has 0 fully saturated rings. The smallest absolute Gasteiger partial charge is 0.0681 e. The van der Waals surface area contributed by atoms with Crippen LogP contribution in [-0.4, -0.2) is 31.2 Å². The first-order chi connectivity index (χ1) is 4.09. The molecule has 0 heterocycles. The molecule has 0 aromatic carbocycles. The van der Waals surface area contributed by atoms with Crippen molar-refractivity contribution in [2.45, 2.75) is 25.6 Å². The van der Waals surface area contributed by atoms with E-state index in [9.17, 15) is 0 Å². The van der Waals surface area contributed by atoms with Gasteiger partial charge in [-0.25, -0.2) is 0 Å². The molecule has 9 heavy (non-hydrogen) atoms. The second-order valence-corrected chi connectivity index (χ2v) is 2.52. The molecule has 0 saturated heterocycles. The maximum absolute atomic E-state index is 5.48. The number of hydrogen-bond acceptors (Lipinski definition) is 3. The van der Waals surface area contributed by atoms with Crippen molar-refractivity contribution in [3.8, 4) is 0 Å². The fourth-order valence-corrected chi connectivity index (χ4v) is 0.982. The highest BCUT2D eigenvalue weighted by Crippen LogP contribution is 1.97. The highest BCUT2D eigenvalue weighted by molar-refractivity contribution is 4.71. The second kappa shape index (κ2) is 3.82. The molecule has 1 unspecified atom stereocenters. The lowest BCUT2D eigenvalue weighted by Gasteiger charge is -2.25. The number of hydrogen-bond donors (Lipinski definition) is 2. The van der Waals surface area contributed by atoms with Crippen molar-refractivity contribution < 1.29 is 0 Å². The van der Waals surface area contributed by atoms with E-state index < -0.39 is 0 Å². The lowest BCUT2D eigenvalue weighted by atomic mass is 10.2. The number of nitrogens with zero attached hydrogens (tertiary/aromatic N) is 1. The molecule has 3 nitrogen and oxygen atoms in total. The summed E-state index contributed by atoms with van der Waals surface area (Å²) in [5.74, 6) is 0. The zero-order valence-corrected chi connectivity index (χ0v) is 6.46. The van der Waals surface area contributed by atoms with Crippen LogP contribution in [0.25, 0.3) is 0 Å². The van der Waals surface area contributed by atoms with E-state index in [0.29, 0.717) is 6.04 Å². The van der Waals surface area contributed by atoms with Crippen molar-refractivity contribution in [1.82, 2.24) is 4.90 Å². The molecule has 0 aromatic rings. The molecular formula is C6H17N3. The molecule has 0 radical (unpaired) electrons. The summed E-state index contributed by atoms with van der Waals surface area (Å²) in [6, 6.07) is 0.310. The fourth-order valence-electron chi connectivity index (χ4n) is 0.982. The number of likely N-dealkylation sites (N-methyl/N-ethyl adjacent to an activating group) is 1. The van der Waals surface area contributed by atoms with Gasteiger partial charge in [-0.3, -0.25) is 0 Å². The number of nitrogens with two attached hydrogens (primary N) is 2. The Hall–Kier alpha value is -0.120. The predicted octanol–water partition coefficient (Wildman–Crippen LogP) is -0.430. The Morgan fingerprint density at radius 2 is 1.78 bits per heavy atom. The van der Waals surface area contributed by atoms with Crippen molar-refractivity contribution >= 4 is 0 Å². The monoisotopic (exact) mass is 131 g/mol. The summed E-state index contributed by atoms with van der Waals surface area (Å²) in [6.07, 6.45) is 0.787. The average Bonchev–Trinajstić information content (AvgIpc) is 1.64. The second-order valence-electron chi connectivity index (χ2n) is 2.52. The van der Waals surface area contributed by atoms with Crippen molar-refractivity contribution in [2.24, 2.45) is 11.5 Å². The molecule has 0 saturated carbocycles. The van der Waals surface area contributed by atoms with Gasteiger partial charge < -0.3 is 16.4 Å². The Labute approximate surface area is 57.0 Å². The minimum Gasteiger partial charge on any atom is -0.315 e. The van der Waals surface area contributed by atoms with Crippen LogP contribution in [0.2, 0.25) is 0 Å². The van der Waals surface area contributed by atoms with Gasteiger partial charge in [0.05, 0.1) is 6.17 Å². The van der Waals surface area contributed by atoms with E-state index in [0.717, 1.165) is 6.42 Å². The lowest BCUT2D eigenvalue weighted by Crippen LogP contribution is -2.49. The van der Waals surface area contributed by atoms with Crippen LogP contribution in [-0.2, 0) is 0 Å². The molecule has 0 aromatic heterocycles. The zero-order valence-electron chi connectivity index (χ0n) is 6.46. The molecule has 4 N–H and O–H groups in total. The van der Waals surface area contributed by atoms with Gasteiger partial charge in [-0.1, -0.05) is 6.92 Å². The van der Waals surface area contributed by atoms with Crippen LogP contribution in [0, 0.1) is 0 Å². The fraction of sp³-hybridized carbons (Fsp3) is 1.00. The minimum absolute atomic E-state index is 0.218. The SMILES string of the molecule is CCC(C(N)N)N(C)C. The summed E-state index contributed by atoms with van der Waals surface area (Å²) in [5.41, 5.74) is 11.0. The van der Waals surface area contributed by atoms with Gasteiger partial charge in [0.15, 0.2) is 0 Å².